The predicted molar refractivity (Wildman–Crippen MR) is 103 cm³/mol. The number of anilines is 1. The molecule has 122 valence electrons. The predicted octanol–water partition coefficient (Wildman–Crippen LogP) is 5.50. The van der Waals surface area contributed by atoms with Gasteiger partial charge in [0.1, 0.15) is 5.82 Å². The lowest BCUT2D eigenvalue weighted by atomic mass is 10.1. The van der Waals surface area contributed by atoms with E-state index in [4.69, 9.17) is 28.3 Å². The minimum atomic E-state index is 0.648. The second-order valence-electron chi connectivity index (χ2n) is 5.73. The van der Waals surface area contributed by atoms with Gasteiger partial charge in [0.2, 0.25) is 0 Å². The van der Waals surface area contributed by atoms with Gasteiger partial charge in [-0.2, -0.15) is 5.10 Å². The molecule has 2 aromatic carbocycles. The number of aromatic nitrogens is 2. The third-order valence-electron chi connectivity index (χ3n) is 4.19. The lowest BCUT2D eigenvalue weighted by molar-refractivity contribution is 0.837. The molecule has 0 unspecified atom stereocenters. The summed E-state index contributed by atoms with van der Waals surface area (Å²) >= 11 is 15.9. The Hall–Kier alpha value is -1.49. The van der Waals surface area contributed by atoms with Crippen LogP contribution in [0.15, 0.2) is 46.9 Å². The molecule has 1 aromatic heterocycles. The SMILES string of the molecule is Clc1ccc(Cc2nn(-c3ccccc3Br)c3c2CCN3)c(Cl)c1. The summed E-state index contributed by atoms with van der Waals surface area (Å²) in [5.74, 6) is 1.07. The Bertz CT molecular complexity index is 921. The average molecular weight is 423 g/mol. The molecule has 0 bridgehead atoms. The Labute approximate surface area is 158 Å². The van der Waals surface area contributed by atoms with Crippen molar-refractivity contribution in [2.24, 2.45) is 0 Å². The zero-order chi connectivity index (χ0) is 16.7. The molecule has 4 rings (SSSR count). The second kappa shape index (κ2) is 6.43. The van der Waals surface area contributed by atoms with Crippen LogP contribution in [0.4, 0.5) is 5.82 Å². The van der Waals surface area contributed by atoms with Gasteiger partial charge in [-0.15, -0.1) is 0 Å². The number of benzene rings is 2. The summed E-state index contributed by atoms with van der Waals surface area (Å²) < 4.78 is 2.99. The monoisotopic (exact) mass is 421 g/mol. The first-order chi connectivity index (χ1) is 11.6. The topological polar surface area (TPSA) is 29.9 Å². The molecule has 0 atom stereocenters. The van der Waals surface area contributed by atoms with Crippen LogP contribution in [0.1, 0.15) is 16.8 Å². The number of halogens is 3. The maximum atomic E-state index is 6.34. The van der Waals surface area contributed by atoms with Crippen molar-refractivity contribution in [3.05, 3.63) is 73.8 Å². The molecule has 3 nitrogen and oxygen atoms in total. The number of hydrogen-bond donors (Lipinski definition) is 1. The Morgan fingerprint density at radius 1 is 1.17 bits per heavy atom. The van der Waals surface area contributed by atoms with E-state index >= 15 is 0 Å². The highest BCUT2D eigenvalue weighted by molar-refractivity contribution is 9.10. The summed E-state index contributed by atoms with van der Waals surface area (Å²) in [5.41, 5.74) is 4.37. The molecular formula is C18H14BrCl2N3. The highest BCUT2D eigenvalue weighted by Gasteiger charge is 2.24. The maximum absolute atomic E-state index is 6.34. The van der Waals surface area contributed by atoms with Crippen molar-refractivity contribution >= 4 is 44.9 Å². The number of para-hydroxylation sites is 1. The van der Waals surface area contributed by atoms with Crippen LogP contribution in [0, 0.1) is 0 Å². The van der Waals surface area contributed by atoms with E-state index in [9.17, 15) is 0 Å². The van der Waals surface area contributed by atoms with Crippen molar-refractivity contribution in [3.8, 4) is 5.69 Å². The molecule has 3 aromatic rings. The van der Waals surface area contributed by atoms with E-state index in [1.807, 2.05) is 35.0 Å². The van der Waals surface area contributed by atoms with Crippen molar-refractivity contribution in [3.63, 3.8) is 0 Å². The maximum Gasteiger partial charge on any atom is 0.133 e. The van der Waals surface area contributed by atoms with Crippen LogP contribution in [-0.4, -0.2) is 16.3 Å². The first-order valence-electron chi connectivity index (χ1n) is 7.67. The van der Waals surface area contributed by atoms with Gasteiger partial charge < -0.3 is 5.32 Å². The van der Waals surface area contributed by atoms with Gasteiger partial charge in [-0.25, -0.2) is 4.68 Å². The quantitative estimate of drug-likeness (QED) is 0.603. The Morgan fingerprint density at radius 3 is 2.79 bits per heavy atom. The molecule has 0 spiro atoms. The van der Waals surface area contributed by atoms with E-state index < -0.39 is 0 Å². The van der Waals surface area contributed by atoms with E-state index in [0.29, 0.717) is 16.5 Å². The van der Waals surface area contributed by atoms with Crippen LogP contribution in [0.2, 0.25) is 10.0 Å². The fraction of sp³-hybridized carbons (Fsp3) is 0.167. The van der Waals surface area contributed by atoms with Gasteiger partial charge >= 0.3 is 0 Å². The molecule has 6 heteroatoms. The third kappa shape index (κ3) is 2.83. The van der Waals surface area contributed by atoms with Crippen LogP contribution in [0.5, 0.6) is 0 Å². The molecule has 2 heterocycles. The van der Waals surface area contributed by atoms with Crippen molar-refractivity contribution in [1.82, 2.24) is 9.78 Å². The molecular weight excluding hydrogens is 409 g/mol. The normalized spacial score (nSPS) is 13.0. The fourth-order valence-electron chi connectivity index (χ4n) is 3.03. The molecule has 0 saturated carbocycles. The number of rotatable bonds is 3. The summed E-state index contributed by atoms with van der Waals surface area (Å²) in [7, 11) is 0. The molecule has 24 heavy (non-hydrogen) atoms. The molecule has 1 N–H and O–H groups in total. The van der Waals surface area contributed by atoms with Crippen molar-refractivity contribution in [2.75, 3.05) is 11.9 Å². The Morgan fingerprint density at radius 2 is 2.00 bits per heavy atom. The van der Waals surface area contributed by atoms with Gasteiger partial charge in [0.15, 0.2) is 0 Å². The Balaban J connectivity index is 1.78. The highest BCUT2D eigenvalue weighted by atomic mass is 79.9. The summed E-state index contributed by atoms with van der Waals surface area (Å²) in [6.07, 6.45) is 1.66. The second-order valence-corrected chi connectivity index (χ2v) is 7.42. The van der Waals surface area contributed by atoms with Crippen LogP contribution in [-0.2, 0) is 12.8 Å². The van der Waals surface area contributed by atoms with Crippen LogP contribution < -0.4 is 5.32 Å². The van der Waals surface area contributed by atoms with Gasteiger partial charge in [0, 0.05) is 33.0 Å². The van der Waals surface area contributed by atoms with E-state index in [0.717, 1.165) is 40.2 Å². The number of hydrogen-bond acceptors (Lipinski definition) is 2. The molecule has 0 saturated heterocycles. The first-order valence-corrected chi connectivity index (χ1v) is 9.22. The van der Waals surface area contributed by atoms with E-state index in [-0.39, 0.29) is 0 Å². The van der Waals surface area contributed by atoms with E-state index in [1.165, 1.54) is 5.56 Å². The lowest BCUT2D eigenvalue weighted by Gasteiger charge is -2.08. The standard InChI is InChI=1S/C18H14BrCl2N3/c19-14-3-1-2-4-17(14)24-18-13(7-8-22-18)16(23-24)9-11-5-6-12(20)10-15(11)21/h1-6,10,22H,7-9H2. The van der Waals surface area contributed by atoms with Gasteiger partial charge in [0.25, 0.3) is 0 Å². The number of nitrogens with one attached hydrogen (secondary N) is 1. The highest BCUT2D eigenvalue weighted by Crippen LogP contribution is 2.33. The van der Waals surface area contributed by atoms with Crippen molar-refractivity contribution in [1.29, 1.82) is 0 Å². The van der Waals surface area contributed by atoms with E-state index in [2.05, 4.69) is 27.3 Å². The summed E-state index contributed by atoms with van der Waals surface area (Å²) in [5, 5.41) is 9.63. The van der Waals surface area contributed by atoms with E-state index in [1.54, 1.807) is 6.07 Å². The average Bonchev–Trinajstić information content (AvgIpc) is 3.14. The van der Waals surface area contributed by atoms with Crippen LogP contribution in [0.3, 0.4) is 0 Å². The van der Waals surface area contributed by atoms with Gasteiger partial charge in [-0.3, -0.25) is 0 Å². The van der Waals surface area contributed by atoms with Crippen molar-refractivity contribution < 1.29 is 0 Å². The molecule has 0 amide bonds. The summed E-state index contributed by atoms with van der Waals surface area (Å²) in [6, 6.07) is 13.7. The summed E-state index contributed by atoms with van der Waals surface area (Å²) in [6.45, 7) is 0.930. The van der Waals surface area contributed by atoms with Crippen LogP contribution in [0.25, 0.3) is 5.69 Å². The van der Waals surface area contributed by atoms with Gasteiger partial charge in [-0.05, 0) is 52.2 Å². The lowest BCUT2D eigenvalue weighted by Crippen LogP contribution is -2.05. The minimum absolute atomic E-state index is 0.648. The Kier molecular flexibility index (Phi) is 4.29. The largest absolute Gasteiger partial charge is 0.369 e. The first kappa shape index (κ1) is 16.0. The molecule has 0 fully saturated rings. The van der Waals surface area contributed by atoms with Crippen molar-refractivity contribution in [2.45, 2.75) is 12.8 Å². The summed E-state index contributed by atoms with van der Waals surface area (Å²) in [4.78, 5) is 0. The molecule has 0 radical (unpaired) electrons. The number of fused-ring (bicyclic) bond motifs is 1. The third-order valence-corrected chi connectivity index (χ3v) is 5.45. The molecule has 1 aliphatic heterocycles. The zero-order valence-electron chi connectivity index (χ0n) is 12.7. The zero-order valence-corrected chi connectivity index (χ0v) is 15.8. The van der Waals surface area contributed by atoms with Crippen LogP contribution >= 0.6 is 39.1 Å². The molecule has 1 aliphatic rings. The smallest absolute Gasteiger partial charge is 0.133 e. The fourth-order valence-corrected chi connectivity index (χ4v) is 3.96. The van der Waals surface area contributed by atoms with Gasteiger partial charge in [0.05, 0.1) is 11.4 Å². The minimum Gasteiger partial charge on any atom is -0.369 e. The molecule has 0 aliphatic carbocycles. The van der Waals surface area contributed by atoms with Gasteiger partial charge in [-0.1, -0.05) is 41.4 Å². The number of nitrogens with zero attached hydrogens (tertiary/aromatic N) is 2.